The van der Waals surface area contributed by atoms with Crippen molar-refractivity contribution >= 4 is 52.4 Å². The van der Waals surface area contributed by atoms with Crippen molar-refractivity contribution in [3.05, 3.63) is 112 Å². The quantitative estimate of drug-likeness (QED) is 0.155. The number of nitrogens with two attached hydrogens (primary N) is 1. The lowest BCUT2D eigenvalue weighted by Gasteiger charge is -2.19. The van der Waals surface area contributed by atoms with Gasteiger partial charge in [0.25, 0.3) is 0 Å². The number of allylic oxidation sites excluding steroid dienone is 5. The number of hydrogen-bond acceptors (Lipinski definition) is 6. The summed E-state index contributed by atoms with van der Waals surface area (Å²) in [6, 6.07) is 17.2. The number of halogens is 2. The summed E-state index contributed by atoms with van der Waals surface area (Å²) in [4.78, 5) is 19.8. The molecule has 0 aliphatic heterocycles. The molecule has 10 heteroatoms. The van der Waals surface area contributed by atoms with Crippen LogP contribution in [0, 0.1) is 5.41 Å². The molecule has 4 aromatic rings. The second kappa shape index (κ2) is 13.4. The van der Waals surface area contributed by atoms with Crippen molar-refractivity contribution in [3.63, 3.8) is 0 Å². The third-order valence-electron chi connectivity index (χ3n) is 7.11. The van der Waals surface area contributed by atoms with Gasteiger partial charge in [-0.3, -0.25) is 9.20 Å². The average Bonchev–Trinajstić information content (AvgIpc) is 3.37. The smallest absolute Gasteiger partial charge is 0.229 e. The Morgan fingerprint density at radius 1 is 1.02 bits per heavy atom. The molecule has 226 valence electrons. The van der Waals surface area contributed by atoms with Crippen molar-refractivity contribution in [2.75, 3.05) is 0 Å². The van der Waals surface area contributed by atoms with Gasteiger partial charge in [-0.2, -0.15) is 0 Å². The molecule has 0 fully saturated rings. The van der Waals surface area contributed by atoms with Crippen molar-refractivity contribution in [1.82, 2.24) is 19.9 Å². The Morgan fingerprint density at radius 2 is 1.73 bits per heavy atom. The Morgan fingerprint density at radius 3 is 2.39 bits per heavy atom. The Kier molecular flexibility index (Phi) is 9.63. The molecule has 1 amide bonds. The number of nitrogens with zero attached hydrogens (tertiary/aromatic N) is 4. The van der Waals surface area contributed by atoms with Crippen LogP contribution in [-0.4, -0.2) is 26.3 Å². The molecular weight excluding hydrogens is 611 g/mol. The molecule has 1 aliphatic carbocycles. The van der Waals surface area contributed by atoms with Gasteiger partial charge >= 0.3 is 0 Å². The second-order valence-electron chi connectivity index (χ2n) is 11.7. The molecule has 2 heterocycles. The van der Waals surface area contributed by atoms with Crippen LogP contribution in [0.25, 0.3) is 17.0 Å². The minimum absolute atomic E-state index is 0.158. The summed E-state index contributed by atoms with van der Waals surface area (Å²) in [7, 11) is 0. The zero-order valence-electron chi connectivity index (χ0n) is 25.1. The maximum absolute atomic E-state index is 13.1. The van der Waals surface area contributed by atoms with Gasteiger partial charge in [0.05, 0.1) is 22.0 Å². The molecule has 0 spiro atoms. The van der Waals surface area contributed by atoms with Crippen LogP contribution in [0.5, 0.6) is 0 Å². The number of aromatic nitrogens is 3. The molecule has 7 nitrogen and oxygen atoms in total. The van der Waals surface area contributed by atoms with E-state index < -0.39 is 0 Å². The summed E-state index contributed by atoms with van der Waals surface area (Å²) in [5.74, 6) is 0.873. The standard InChI is InChI=1S/C34H34Cl2N6OS/c1-21-8-12-23(13-9-21)38-29(19-28(37)34(2,3)4)39-31(43)18-22-10-14-24(15-11-22)44-25-16-17-30-40-41-33(42(30)20-25)32-26(35)6-5-7-27(32)36/h5-8,10-12,14-17,19-20H,9,13,18,37H2,1-4H3,(H,38,39,43). The minimum Gasteiger partial charge on any atom is -0.401 e. The summed E-state index contributed by atoms with van der Waals surface area (Å²) in [6.07, 6.45) is 9.77. The molecule has 44 heavy (non-hydrogen) atoms. The van der Waals surface area contributed by atoms with Gasteiger partial charge in [-0.15, -0.1) is 10.2 Å². The van der Waals surface area contributed by atoms with Crippen LogP contribution in [0.2, 0.25) is 10.0 Å². The van der Waals surface area contributed by atoms with E-state index in [2.05, 4.69) is 28.5 Å². The summed E-state index contributed by atoms with van der Waals surface area (Å²) < 4.78 is 1.88. The van der Waals surface area contributed by atoms with Crippen LogP contribution in [0.15, 0.2) is 111 Å². The molecule has 3 N–H and O–H groups in total. The molecule has 0 radical (unpaired) electrons. The van der Waals surface area contributed by atoms with E-state index in [1.54, 1.807) is 36.0 Å². The zero-order chi connectivity index (χ0) is 31.4. The number of amidine groups is 1. The molecule has 2 aromatic heterocycles. The van der Waals surface area contributed by atoms with Crippen molar-refractivity contribution in [2.45, 2.75) is 56.7 Å². The summed E-state index contributed by atoms with van der Waals surface area (Å²) in [6.45, 7) is 8.19. The summed E-state index contributed by atoms with van der Waals surface area (Å²) in [5, 5.41) is 12.6. The highest BCUT2D eigenvalue weighted by molar-refractivity contribution is 7.99. The number of benzene rings is 2. The highest BCUT2D eigenvalue weighted by atomic mass is 35.5. The van der Waals surface area contributed by atoms with Gasteiger partial charge < -0.3 is 11.1 Å². The van der Waals surface area contributed by atoms with E-state index in [-0.39, 0.29) is 17.7 Å². The third kappa shape index (κ3) is 7.80. The predicted molar refractivity (Wildman–Crippen MR) is 181 cm³/mol. The summed E-state index contributed by atoms with van der Waals surface area (Å²) in [5.41, 5.74) is 11.2. The highest BCUT2D eigenvalue weighted by Crippen LogP contribution is 2.35. The van der Waals surface area contributed by atoms with Gasteiger partial charge in [0.15, 0.2) is 11.5 Å². The first-order chi connectivity index (χ1) is 21.0. The molecule has 0 saturated carbocycles. The lowest BCUT2D eigenvalue weighted by molar-refractivity contribution is -0.119. The number of nitrogens with one attached hydrogen (secondary N) is 1. The Bertz CT molecular complexity index is 1810. The first-order valence-electron chi connectivity index (χ1n) is 14.2. The molecule has 5 rings (SSSR count). The molecule has 0 bridgehead atoms. The fourth-order valence-corrected chi connectivity index (χ4v) is 5.84. The Balaban J connectivity index is 1.29. The molecule has 2 aromatic carbocycles. The topological polar surface area (TPSA) is 97.7 Å². The molecule has 0 unspecified atom stereocenters. The number of carbonyl (C=O) groups is 1. The van der Waals surface area contributed by atoms with Crippen LogP contribution in [0.4, 0.5) is 0 Å². The number of pyridine rings is 1. The Labute approximate surface area is 272 Å². The number of amides is 1. The minimum atomic E-state index is -0.251. The monoisotopic (exact) mass is 644 g/mol. The van der Waals surface area contributed by atoms with Crippen LogP contribution in [0.3, 0.4) is 0 Å². The molecular formula is C34H34Cl2N6OS. The lowest BCUT2D eigenvalue weighted by atomic mass is 9.92. The van der Waals surface area contributed by atoms with Crippen molar-refractivity contribution in [3.8, 4) is 11.4 Å². The third-order valence-corrected chi connectivity index (χ3v) is 8.73. The lowest BCUT2D eigenvalue weighted by Crippen LogP contribution is -2.32. The maximum Gasteiger partial charge on any atom is 0.229 e. The number of hydrogen-bond donors (Lipinski definition) is 2. The van der Waals surface area contributed by atoms with Crippen LogP contribution < -0.4 is 11.1 Å². The van der Waals surface area contributed by atoms with E-state index in [1.165, 1.54) is 5.57 Å². The van der Waals surface area contributed by atoms with E-state index >= 15 is 0 Å². The first kappa shape index (κ1) is 31.6. The largest absolute Gasteiger partial charge is 0.401 e. The normalized spacial score (nSPS) is 14.4. The van der Waals surface area contributed by atoms with Gasteiger partial charge in [-0.05, 0) is 67.8 Å². The van der Waals surface area contributed by atoms with E-state index in [0.29, 0.717) is 38.6 Å². The van der Waals surface area contributed by atoms with Crippen LogP contribution in [-0.2, 0) is 11.2 Å². The van der Waals surface area contributed by atoms with Gasteiger partial charge in [0.1, 0.15) is 5.84 Å². The number of rotatable bonds is 7. The fraction of sp³-hybridized carbons (Fsp3) is 0.235. The molecule has 0 saturated heterocycles. The highest BCUT2D eigenvalue weighted by Gasteiger charge is 2.17. The predicted octanol–water partition coefficient (Wildman–Crippen LogP) is 8.42. The molecule has 1 aliphatic rings. The van der Waals surface area contributed by atoms with E-state index in [9.17, 15) is 4.79 Å². The number of fused-ring (bicyclic) bond motifs is 1. The van der Waals surface area contributed by atoms with Gasteiger partial charge in [0.2, 0.25) is 5.91 Å². The first-order valence-corrected chi connectivity index (χ1v) is 15.8. The van der Waals surface area contributed by atoms with Gasteiger partial charge in [-0.1, -0.05) is 85.6 Å². The summed E-state index contributed by atoms with van der Waals surface area (Å²) >= 11 is 14.5. The van der Waals surface area contributed by atoms with Gasteiger partial charge in [-0.25, -0.2) is 4.99 Å². The number of carbonyl (C=O) groups excluding carboxylic acids is 1. The SMILES string of the molecule is CC1=CC=C(N=C(C=C(N)C(C)(C)C)NC(=O)Cc2ccc(Sc3ccc4nnc(-c5c(Cl)cccc5Cl)n4c3)cc2)CC1. The van der Waals surface area contributed by atoms with E-state index in [0.717, 1.165) is 33.9 Å². The molecule has 0 atom stereocenters. The average molecular weight is 646 g/mol. The van der Waals surface area contributed by atoms with E-state index in [4.69, 9.17) is 33.9 Å². The van der Waals surface area contributed by atoms with Crippen molar-refractivity contribution < 1.29 is 4.79 Å². The fourth-order valence-electron chi connectivity index (χ4n) is 4.44. The van der Waals surface area contributed by atoms with Crippen molar-refractivity contribution in [1.29, 1.82) is 0 Å². The Hall–Kier alpha value is -3.85. The maximum atomic E-state index is 13.1. The van der Waals surface area contributed by atoms with Crippen LogP contribution in [0.1, 0.15) is 46.1 Å². The number of aliphatic imine (C=N–C) groups is 1. The van der Waals surface area contributed by atoms with E-state index in [1.807, 2.05) is 73.8 Å². The van der Waals surface area contributed by atoms with Crippen LogP contribution >= 0.6 is 35.0 Å². The van der Waals surface area contributed by atoms with Gasteiger partial charge in [0, 0.05) is 38.9 Å². The zero-order valence-corrected chi connectivity index (χ0v) is 27.4. The van der Waals surface area contributed by atoms with Crippen molar-refractivity contribution in [2.24, 2.45) is 16.1 Å². The second-order valence-corrected chi connectivity index (χ2v) is 13.7.